The number of hydrogen-bond acceptors (Lipinski definition) is 7. The van der Waals surface area contributed by atoms with E-state index in [0.717, 1.165) is 16.9 Å². The van der Waals surface area contributed by atoms with Crippen LogP contribution in [0.25, 0.3) is 16.8 Å². The topological polar surface area (TPSA) is 128 Å². The predicted molar refractivity (Wildman–Crippen MR) is 135 cm³/mol. The van der Waals surface area contributed by atoms with Gasteiger partial charge in [0.2, 0.25) is 5.88 Å². The molecule has 2 atom stereocenters. The van der Waals surface area contributed by atoms with E-state index in [9.17, 15) is 27.2 Å². The zero-order valence-corrected chi connectivity index (χ0v) is 21.2. The lowest BCUT2D eigenvalue weighted by molar-refractivity contribution is -0.136. The molecule has 4 aromatic rings. The second kappa shape index (κ2) is 10.1. The molecule has 208 valence electrons. The average Bonchev–Trinajstić information content (AvgIpc) is 3.50. The van der Waals surface area contributed by atoms with Crippen molar-refractivity contribution in [3.05, 3.63) is 71.2 Å². The number of nitrogen functional groups attached to an aromatic ring is 1. The number of anilines is 1. The van der Waals surface area contributed by atoms with Crippen LogP contribution in [-0.4, -0.2) is 68.7 Å². The summed E-state index contributed by atoms with van der Waals surface area (Å²) in [4.78, 5) is 35.1. The first kappa shape index (κ1) is 26.8. The molecule has 0 radical (unpaired) electrons. The number of pyridine rings is 1. The first-order valence-electron chi connectivity index (χ1n) is 12.0. The number of amides is 2. The Morgan fingerprint density at radius 3 is 2.62 bits per heavy atom. The van der Waals surface area contributed by atoms with Gasteiger partial charge in [0.1, 0.15) is 23.6 Å². The molecule has 3 aromatic heterocycles. The Morgan fingerprint density at radius 2 is 1.90 bits per heavy atom. The van der Waals surface area contributed by atoms with Crippen molar-refractivity contribution in [3.8, 4) is 17.1 Å². The van der Waals surface area contributed by atoms with Crippen LogP contribution in [0.4, 0.5) is 23.4 Å². The van der Waals surface area contributed by atoms with E-state index in [2.05, 4.69) is 20.4 Å². The summed E-state index contributed by atoms with van der Waals surface area (Å²) < 4.78 is 62.3. The molecule has 0 unspecified atom stereocenters. The molecule has 0 aliphatic carbocycles. The van der Waals surface area contributed by atoms with Crippen molar-refractivity contribution in [1.82, 2.24) is 29.8 Å². The number of alkyl halides is 4. The molecule has 1 aliphatic heterocycles. The van der Waals surface area contributed by atoms with Gasteiger partial charge < -0.3 is 20.7 Å². The number of halogens is 4. The largest absolute Gasteiger partial charge is 0.480 e. The molecule has 2 amide bonds. The highest BCUT2D eigenvalue weighted by molar-refractivity contribution is 5.98. The van der Waals surface area contributed by atoms with Gasteiger partial charge in [0, 0.05) is 23.9 Å². The first-order valence-corrected chi connectivity index (χ1v) is 12.0. The highest BCUT2D eigenvalue weighted by Gasteiger charge is 2.38. The number of carbonyl (C=O) groups excluding carboxylic acids is 2. The molecule has 1 fully saturated rings. The Morgan fingerprint density at radius 1 is 1.12 bits per heavy atom. The Hall–Kier alpha value is -4.75. The monoisotopic (exact) mass is 557 g/mol. The molecule has 0 saturated carbocycles. The van der Waals surface area contributed by atoms with E-state index in [-0.39, 0.29) is 47.2 Å². The molecule has 1 saturated heterocycles. The Balaban J connectivity index is 1.41. The van der Waals surface area contributed by atoms with Gasteiger partial charge in [0.25, 0.3) is 11.8 Å². The highest BCUT2D eigenvalue weighted by Crippen LogP contribution is 2.39. The molecule has 3 N–H and O–H groups in total. The van der Waals surface area contributed by atoms with Crippen molar-refractivity contribution in [3.63, 3.8) is 0 Å². The number of methoxy groups -OCH3 is 1. The maximum atomic E-state index is 15.0. The summed E-state index contributed by atoms with van der Waals surface area (Å²) in [6.45, 7) is 1.29. The van der Waals surface area contributed by atoms with Crippen molar-refractivity contribution in [2.75, 3.05) is 25.9 Å². The predicted octanol–water partition coefficient (Wildman–Crippen LogP) is 3.30. The van der Waals surface area contributed by atoms with Crippen LogP contribution in [0.5, 0.6) is 5.88 Å². The number of benzene rings is 1. The molecule has 5 rings (SSSR count). The smallest absolute Gasteiger partial charge is 0.418 e. The van der Waals surface area contributed by atoms with Gasteiger partial charge in [-0.2, -0.15) is 18.3 Å². The Labute approximate surface area is 224 Å². The number of carbonyl (C=O) groups is 2. The van der Waals surface area contributed by atoms with Crippen LogP contribution in [0.15, 0.2) is 48.9 Å². The van der Waals surface area contributed by atoms with Crippen molar-refractivity contribution in [2.45, 2.75) is 25.3 Å². The lowest BCUT2D eigenvalue weighted by atomic mass is 10.0. The van der Waals surface area contributed by atoms with Crippen LogP contribution in [0.3, 0.4) is 0 Å². The maximum Gasteiger partial charge on any atom is 0.418 e. The van der Waals surface area contributed by atoms with Crippen LogP contribution in [-0.2, 0) is 6.18 Å². The number of nitrogens with zero attached hydrogens (tertiary/aromatic N) is 5. The molecule has 14 heteroatoms. The molecule has 1 aromatic carbocycles. The number of hydrogen-bond donors (Lipinski definition) is 2. The van der Waals surface area contributed by atoms with Crippen LogP contribution in [0.2, 0.25) is 0 Å². The molecule has 10 nitrogen and oxygen atoms in total. The number of aromatic nitrogens is 4. The standard InChI is InChI=1S/C26H23F4N7O3/c1-13-5-6-14(20-9-17(26(28,29)30)21-22(31)33-12-34-37(20)21)8-16(13)23(38)35-19-11-36(10-18(19)27)25(39)15-4-3-7-32-24(15)40-2/h3-9,12,18-19H,10-11H2,1-2H3,(H,35,38)(H2,31,33,34)/t18-,19+/m0/s1. The third-order valence-corrected chi connectivity index (χ3v) is 6.71. The van der Waals surface area contributed by atoms with Crippen molar-refractivity contribution in [1.29, 1.82) is 0 Å². The van der Waals surface area contributed by atoms with E-state index >= 15 is 0 Å². The second-order valence-electron chi connectivity index (χ2n) is 9.24. The van der Waals surface area contributed by atoms with Crippen LogP contribution in [0, 0.1) is 6.92 Å². The minimum absolute atomic E-state index is 0.0388. The summed E-state index contributed by atoms with van der Waals surface area (Å²) in [6, 6.07) is 7.44. The van der Waals surface area contributed by atoms with Crippen molar-refractivity contribution >= 4 is 23.1 Å². The number of nitrogens with one attached hydrogen (secondary N) is 1. The van der Waals surface area contributed by atoms with Gasteiger partial charge in [-0.1, -0.05) is 12.1 Å². The molecule has 0 bridgehead atoms. The van der Waals surface area contributed by atoms with Gasteiger partial charge in [-0.25, -0.2) is 18.9 Å². The number of rotatable bonds is 5. The summed E-state index contributed by atoms with van der Waals surface area (Å²) in [7, 11) is 1.36. The Kier molecular flexibility index (Phi) is 6.77. The lowest BCUT2D eigenvalue weighted by Crippen LogP contribution is -2.42. The number of likely N-dealkylation sites (tertiary alicyclic amines) is 1. The summed E-state index contributed by atoms with van der Waals surface area (Å²) in [6.07, 6.45) is -3.79. The molecule has 1 aliphatic rings. The number of fused-ring (bicyclic) bond motifs is 1. The highest BCUT2D eigenvalue weighted by atomic mass is 19.4. The average molecular weight is 558 g/mol. The van der Waals surface area contributed by atoms with Gasteiger partial charge in [0.05, 0.1) is 31.0 Å². The summed E-state index contributed by atoms with van der Waals surface area (Å²) in [5.41, 5.74) is 5.38. The van der Waals surface area contributed by atoms with E-state index < -0.39 is 41.3 Å². The fourth-order valence-corrected chi connectivity index (χ4v) is 4.71. The Bertz CT molecular complexity index is 1620. The lowest BCUT2D eigenvalue weighted by Gasteiger charge is -2.18. The van der Waals surface area contributed by atoms with Crippen molar-refractivity contribution in [2.24, 2.45) is 0 Å². The molecule has 40 heavy (non-hydrogen) atoms. The van der Waals surface area contributed by atoms with Gasteiger partial charge in [-0.05, 0) is 36.8 Å². The van der Waals surface area contributed by atoms with Crippen LogP contribution < -0.4 is 15.8 Å². The molecular weight excluding hydrogens is 534 g/mol. The fraction of sp³-hybridized carbons (Fsp3) is 0.269. The third kappa shape index (κ3) is 4.76. The number of nitrogens with two attached hydrogens (primary N) is 1. The molecular formula is C26H23F4N7O3. The van der Waals surface area contributed by atoms with Crippen molar-refractivity contribution < 1.29 is 31.9 Å². The second-order valence-corrected chi connectivity index (χ2v) is 9.24. The van der Waals surface area contributed by atoms with Gasteiger partial charge >= 0.3 is 6.18 Å². The van der Waals surface area contributed by atoms with E-state index in [1.807, 2.05) is 0 Å². The van der Waals surface area contributed by atoms with E-state index in [0.29, 0.717) is 5.56 Å². The van der Waals surface area contributed by atoms with Gasteiger partial charge in [-0.3, -0.25) is 9.59 Å². The first-order chi connectivity index (χ1) is 19.0. The third-order valence-electron chi connectivity index (χ3n) is 6.71. The zero-order valence-electron chi connectivity index (χ0n) is 21.2. The van der Waals surface area contributed by atoms with E-state index in [4.69, 9.17) is 10.5 Å². The van der Waals surface area contributed by atoms with Crippen LogP contribution >= 0.6 is 0 Å². The summed E-state index contributed by atoms with van der Waals surface area (Å²) in [5.74, 6) is -1.39. The quantitative estimate of drug-likeness (QED) is 0.361. The maximum absolute atomic E-state index is 15.0. The fourth-order valence-electron chi connectivity index (χ4n) is 4.71. The summed E-state index contributed by atoms with van der Waals surface area (Å²) >= 11 is 0. The minimum Gasteiger partial charge on any atom is -0.480 e. The number of aryl methyl sites for hydroxylation is 1. The normalized spacial score (nSPS) is 17.3. The molecule has 0 spiro atoms. The van der Waals surface area contributed by atoms with E-state index in [1.54, 1.807) is 25.1 Å². The summed E-state index contributed by atoms with van der Waals surface area (Å²) in [5, 5.41) is 6.55. The van der Waals surface area contributed by atoms with Crippen LogP contribution in [0.1, 0.15) is 31.8 Å². The number of ether oxygens (including phenoxy) is 1. The van der Waals surface area contributed by atoms with Gasteiger partial charge in [0.15, 0.2) is 5.82 Å². The van der Waals surface area contributed by atoms with E-state index in [1.165, 1.54) is 30.3 Å². The zero-order chi connectivity index (χ0) is 28.8. The SMILES string of the molecule is COc1ncccc1C(=O)N1C[C@H](F)[C@H](NC(=O)c2cc(-c3cc(C(F)(F)F)c4c(N)ncnn34)ccc2C)C1. The minimum atomic E-state index is -4.73. The van der Waals surface area contributed by atoms with Gasteiger partial charge in [-0.15, -0.1) is 0 Å². The molecule has 4 heterocycles.